The number of ketones is 1. The number of hydrogen-bond acceptors (Lipinski definition) is 1. The Morgan fingerprint density at radius 3 is 1.47 bits per heavy atom. The van der Waals surface area contributed by atoms with Gasteiger partial charge in [0.15, 0.2) is 0 Å². The van der Waals surface area contributed by atoms with Crippen molar-refractivity contribution in [3.63, 3.8) is 0 Å². The van der Waals surface area contributed by atoms with Crippen LogP contribution in [0.25, 0.3) is 0 Å². The fourth-order valence-corrected chi connectivity index (χ4v) is 1.99. The van der Waals surface area contributed by atoms with Crippen LogP contribution in [0.4, 0.5) is 0 Å². The maximum Gasteiger partial charge on any atom is 1.00 e. The van der Waals surface area contributed by atoms with Crippen LogP contribution in [0.5, 0.6) is 0 Å². The van der Waals surface area contributed by atoms with E-state index in [9.17, 15) is 4.79 Å². The van der Waals surface area contributed by atoms with Crippen LogP contribution in [0.1, 0.15) is 84.0 Å². The van der Waals surface area contributed by atoms with Crippen LogP contribution in [0, 0.1) is 6.92 Å². The first-order valence-electron chi connectivity index (χ1n) is 7.12. The molecule has 0 aromatic rings. The molecule has 0 aliphatic rings. The summed E-state index contributed by atoms with van der Waals surface area (Å²) in [6, 6.07) is 0. The molecule has 0 aliphatic heterocycles. The van der Waals surface area contributed by atoms with Crippen molar-refractivity contribution in [2.45, 2.75) is 84.0 Å². The van der Waals surface area contributed by atoms with Gasteiger partial charge in [0.25, 0.3) is 0 Å². The van der Waals surface area contributed by atoms with E-state index in [1.54, 1.807) is 0 Å². The minimum atomic E-state index is 0. The van der Waals surface area contributed by atoms with Gasteiger partial charge < -0.3 is 11.7 Å². The number of rotatable bonds is 12. The summed E-state index contributed by atoms with van der Waals surface area (Å²) in [6.07, 6.45) is 15.3. The van der Waals surface area contributed by atoms with E-state index in [0.29, 0.717) is 6.42 Å². The molecule has 0 rings (SSSR count). The fourth-order valence-electron chi connectivity index (χ4n) is 1.99. The number of unbranched alkanes of at least 4 members (excludes halogenated alkanes) is 10. The maximum atomic E-state index is 10.6. The summed E-state index contributed by atoms with van der Waals surface area (Å²) in [5.41, 5.74) is 0. The molecular weight excluding hydrogens is 219 g/mol. The molecule has 0 saturated carbocycles. The van der Waals surface area contributed by atoms with Crippen molar-refractivity contribution in [2.24, 2.45) is 0 Å². The van der Waals surface area contributed by atoms with Gasteiger partial charge in [-0.25, -0.2) is 0 Å². The van der Waals surface area contributed by atoms with E-state index in [1.807, 2.05) is 0 Å². The van der Waals surface area contributed by atoms with Crippen LogP contribution >= 0.6 is 0 Å². The van der Waals surface area contributed by atoms with E-state index in [2.05, 4.69) is 13.8 Å². The Balaban J connectivity index is 0. The van der Waals surface area contributed by atoms with Gasteiger partial charge in [-0.3, -0.25) is 0 Å². The van der Waals surface area contributed by atoms with E-state index >= 15 is 0 Å². The Labute approximate surface area is 130 Å². The third kappa shape index (κ3) is 19.1. The van der Waals surface area contributed by atoms with Crippen LogP contribution in [-0.4, -0.2) is 5.78 Å². The number of carbonyl (C=O) groups is 1. The molecule has 2 heteroatoms. The normalized spacial score (nSPS) is 9.94. The zero-order chi connectivity index (χ0) is 12.1. The van der Waals surface area contributed by atoms with Crippen LogP contribution < -0.4 is 29.6 Å². The van der Waals surface area contributed by atoms with Crippen molar-refractivity contribution in [1.82, 2.24) is 0 Å². The van der Waals surface area contributed by atoms with Gasteiger partial charge in [0.05, 0.1) is 0 Å². The quantitative estimate of drug-likeness (QED) is 0.294. The average Bonchev–Trinajstić information content (AvgIpc) is 2.25. The molecule has 0 radical (unpaired) electrons. The molecule has 0 fully saturated rings. The molecule has 0 aliphatic carbocycles. The minimum absolute atomic E-state index is 0. The van der Waals surface area contributed by atoms with Crippen molar-refractivity contribution in [3.8, 4) is 0 Å². The van der Waals surface area contributed by atoms with Crippen molar-refractivity contribution >= 4 is 5.78 Å². The summed E-state index contributed by atoms with van der Waals surface area (Å²) in [4.78, 5) is 10.6. The first-order chi connectivity index (χ1) is 7.77. The third-order valence-electron chi connectivity index (χ3n) is 3.06. The summed E-state index contributed by atoms with van der Waals surface area (Å²) in [5, 5.41) is 0. The number of Topliss-reactive ketones (excluding diaryl/α,β-unsaturated/α-hetero) is 1. The zero-order valence-corrected chi connectivity index (χ0v) is 14.1. The van der Waals surface area contributed by atoms with Crippen molar-refractivity contribution < 1.29 is 34.4 Å². The van der Waals surface area contributed by atoms with Gasteiger partial charge in [0, 0.05) is 0 Å². The summed E-state index contributed by atoms with van der Waals surface area (Å²) in [6.45, 7) is 5.64. The molecule has 0 spiro atoms. The summed E-state index contributed by atoms with van der Waals surface area (Å²) in [5.74, 6) is 0.0934. The largest absolute Gasteiger partial charge is 1.00 e. The van der Waals surface area contributed by atoms with Gasteiger partial charge in [-0.15, -0.1) is 0 Å². The van der Waals surface area contributed by atoms with Gasteiger partial charge in [-0.2, -0.15) is 0 Å². The van der Waals surface area contributed by atoms with Gasteiger partial charge >= 0.3 is 29.6 Å². The molecule has 0 bridgehead atoms. The van der Waals surface area contributed by atoms with E-state index in [1.165, 1.54) is 64.2 Å². The minimum Gasteiger partial charge on any atom is -0.339 e. The molecule has 1 nitrogen and oxygen atoms in total. The van der Waals surface area contributed by atoms with Gasteiger partial charge in [-0.1, -0.05) is 71.1 Å². The van der Waals surface area contributed by atoms with Crippen LogP contribution in [0.3, 0.4) is 0 Å². The molecule has 96 valence electrons. The van der Waals surface area contributed by atoms with Gasteiger partial charge in [0.1, 0.15) is 0 Å². The molecule has 0 aromatic heterocycles. The number of hydrogen-bond donors (Lipinski definition) is 0. The maximum absolute atomic E-state index is 10.6. The third-order valence-corrected chi connectivity index (χ3v) is 3.06. The second-order valence-corrected chi connectivity index (χ2v) is 4.82. The first-order valence-corrected chi connectivity index (χ1v) is 7.12. The Morgan fingerprint density at radius 2 is 1.12 bits per heavy atom. The predicted octanol–water partition coefficient (Wildman–Crippen LogP) is 2.09. The Morgan fingerprint density at radius 1 is 0.765 bits per heavy atom. The van der Waals surface area contributed by atoms with Gasteiger partial charge in [-0.05, 0) is 18.6 Å². The molecule has 17 heavy (non-hydrogen) atoms. The van der Waals surface area contributed by atoms with E-state index < -0.39 is 0 Å². The molecule has 0 N–H and O–H groups in total. The van der Waals surface area contributed by atoms with Crippen molar-refractivity contribution in [2.75, 3.05) is 0 Å². The fraction of sp³-hybridized carbons (Fsp3) is 0.867. The Hall–Kier alpha value is 0.540. The molecule has 0 amide bonds. The summed E-state index contributed by atoms with van der Waals surface area (Å²) < 4.78 is 0. The monoisotopic (exact) mass is 248 g/mol. The molecule has 0 saturated heterocycles. The van der Waals surface area contributed by atoms with E-state index in [4.69, 9.17) is 0 Å². The molecule has 0 unspecified atom stereocenters. The van der Waals surface area contributed by atoms with Crippen LogP contribution in [0.2, 0.25) is 0 Å². The molecule has 0 heterocycles. The standard InChI is InChI=1S/C15H29O.Na/c1-3-4-5-6-7-8-9-10-11-12-13-14-15(2)16;/h2-14H2,1H3;/q-1;+1. The molecular formula is C15H29NaO. The van der Waals surface area contributed by atoms with E-state index in [0.717, 1.165) is 6.42 Å². The average molecular weight is 248 g/mol. The van der Waals surface area contributed by atoms with E-state index in [-0.39, 0.29) is 35.3 Å². The first kappa shape index (κ1) is 19.9. The smallest absolute Gasteiger partial charge is 0.339 e. The Kier molecular flexibility index (Phi) is 19.3. The van der Waals surface area contributed by atoms with Gasteiger partial charge in [0.2, 0.25) is 0 Å². The summed E-state index contributed by atoms with van der Waals surface area (Å²) >= 11 is 0. The molecule has 0 aromatic carbocycles. The zero-order valence-electron chi connectivity index (χ0n) is 12.1. The van der Waals surface area contributed by atoms with Crippen molar-refractivity contribution in [1.29, 1.82) is 0 Å². The summed E-state index contributed by atoms with van der Waals surface area (Å²) in [7, 11) is 0. The molecule has 0 atom stereocenters. The van der Waals surface area contributed by atoms with Crippen molar-refractivity contribution in [3.05, 3.63) is 6.92 Å². The SMILES string of the molecule is [CH2-]C(=O)CCCCCCCCCCCCC.[Na+]. The topological polar surface area (TPSA) is 17.1 Å². The predicted molar refractivity (Wildman–Crippen MR) is 71.4 cm³/mol. The van der Waals surface area contributed by atoms with Crippen LogP contribution in [-0.2, 0) is 4.79 Å². The second kappa shape index (κ2) is 16.5. The Bertz CT molecular complexity index is 157. The second-order valence-electron chi connectivity index (χ2n) is 4.82. The number of carbonyl (C=O) groups excluding carboxylic acids is 1. The van der Waals surface area contributed by atoms with Crippen LogP contribution in [0.15, 0.2) is 0 Å².